The van der Waals surface area contributed by atoms with Crippen molar-refractivity contribution in [2.45, 2.75) is 20.8 Å². The normalized spacial score (nSPS) is 11.2. The first-order chi connectivity index (χ1) is 15.9. The van der Waals surface area contributed by atoms with E-state index in [2.05, 4.69) is 25.3 Å². The van der Waals surface area contributed by atoms with Gasteiger partial charge >= 0.3 is 0 Å². The number of benzene rings is 1. The lowest BCUT2D eigenvalue weighted by Gasteiger charge is -2.06. The fraction of sp³-hybridized carbons (Fsp3) is 0.125. The number of aryl methyl sites for hydroxylation is 3. The molecule has 8 nitrogen and oxygen atoms in total. The van der Waals surface area contributed by atoms with Crippen molar-refractivity contribution in [1.82, 2.24) is 24.3 Å². The lowest BCUT2D eigenvalue weighted by Crippen LogP contribution is -2.12. The van der Waals surface area contributed by atoms with Crippen LogP contribution in [-0.4, -0.2) is 30.2 Å². The highest BCUT2D eigenvalue weighted by atomic mass is 19.1. The van der Waals surface area contributed by atoms with E-state index in [1.165, 1.54) is 18.2 Å². The Morgan fingerprint density at radius 3 is 2.64 bits per heavy atom. The number of rotatable bonds is 4. The highest BCUT2D eigenvalue weighted by molar-refractivity contribution is 6.03. The Morgan fingerprint density at radius 1 is 1.03 bits per heavy atom. The maximum Gasteiger partial charge on any atom is 0.293 e. The number of pyridine rings is 1. The summed E-state index contributed by atoms with van der Waals surface area (Å²) in [4.78, 5) is 29.7. The van der Waals surface area contributed by atoms with Gasteiger partial charge in [0.05, 0.1) is 11.4 Å². The topological polar surface area (TPSA) is 98.2 Å². The first-order valence-electron chi connectivity index (χ1n) is 10.2. The quantitative estimate of drug-likeness (QED) is 0.431. The number of hydrogen-bond acceptors (Lipinski definition) is 6. The molecule has 0 bridgehead atoms. The molecule has 4 aromatic heterocycles. The number of carbonyl (C=O) groups excluding carboxylic acids is 1. The van der Waals surface area contributed by atoms with Crippen molar-refractivity contribution in [2.75, 3.05) is 5.32 Å². The third kappa shape index (κ3) is 3.96. The molecule has 0 atom stereocenters. The minimum Gasteiger partial charge on any atom is -0.436 e. The number of imidazole rings is 1. The summed E-state index contributed by atoms with van der Waals surface area (Å²) in [5.74, 6) is 0.0184. The molecular formula is C24H19FN6O2. The van der Waals surface area contributed by atoms with Crippen LogP contribution in [0.25, 0.3) is 28.2 Å². The number of hydrogen-bond donors (Lipinski definition) is 1. The molecule has 1 aromatic carbocycles. The lowest BCUT2D eigenvalue weighted by atomic mass is 10.1. The van der Waals surface area contributed by atoms with Gasteiger partial charge in [0.15, 0.2) is 5.89 Å². The number of carbonyl (C=O) groups is 1. The largest absolute Gasteiger partial charge is 0.436 e. The number of nitrogens with zero attached hydrogens (tertiary/aromatic N) is 5. The van der Waals surface area contributed by atoms with Gasteiger partial charge in [-0.1, -0.05) is 0 Å². The van der Waals surface area contributed by atoms with Crippen LogP contribution in [-0.2, 0) is 0 Å². The molecule has 5 aromatic rings. The molecule has 33 heavy (non-hydrogen) atoms. The van der Waals surface area contributed by atoms with Gasteiger partial charge in [-0.05, 0) is 43.7 Å². The van der Waals surface area contributed by atoms with E-state index in [0.717, 1.165) is 16.7 Å². The van der Waals surface area contributed by atoms with Crippen molar-refractivity contribution in [3.63, 3.8) is 0 Å². The van der Waals surface area contributed by atoms with Crippen molar-refractivity contribution in [1.29, 1.82) is 0 Å². The zero-order chi connectivity index (χ0) is 23.1. The number of nitrogens with one attached hydrogen (secondary N) is 1. The molecule has 0 radical (unpaired) electrons. The lowest BCUT2D eigenvalue weighted by molar-refractivity contribution is 0.0994. The van der Waals surface area contributed by atoms with Crippen molar-refractivity contribution in [3.8, 4) is 22.4 Å². The van der Waals surface area contributed by atoms with Crippen molar-refractivity contribution in [3.05, 3.63) is 84.0 Å². The Hall–Kier alpha value is -4.40. The van der Waals surface area contributed by atoms with Crippen LogP contribution in [0.15, 0.2) is 59.7 Å². The molecule has 0 aliphatic heterocycles. The van der Waals surface area contributed by atoms with Gasteiger partial charge in [-0.25, -0.2) is 19.3 Å². The fourth-order valence-electron chi connectivity index (χ4n) is 3.61. The highest BCUT2D eigenvalue weighted by Crippen LogP contribution is 2.27. The maximum atomic E-state index is 14.7. The summed E-state index contributed by atoms with van der Waals surface area (Å²) in [5, 5.41) is 2.72. The first kappa shape index (κ1) is 20.5. The van der Waals surface area contributed by atoms with Gasteiger partial charge < -0.3 is 9.73 Å². The van der Waals surface area contributed by atoms with E-state index in [9.17, 15) is 9.18 Å². The van der Waals surface area contributed by atoms with Gasteiger partial charge in [-0.2, -0.15) is 0 Å². The molecule has 9 heteroatoms. The molecule has 0 aliphatic rings. The van der Waals surface area contributed by atoms with E-state index in [1.54, 1.807) is 43.0 Å². The number of oxazole rings is 1. The van der Waals surface area contributed by atoms with Gasteiger partial charge in [-0.3, -0.25) is 14.2 Å². The summed E-state index contributed by atoms with van der Waals surface area (Å²) < 4.78 is 21.8. The third-order valence-electron chi connectivity index (χ3n) is 5.13. The SMILES string of the molecule is Cc1cncc(-c2cnc3nc(-c4cc(NC(=O)c5oc(C)nc5C)ccc4F)cn3c2)c1. The highest BCUT2D eigenvalue weighted by Gasteiger charge is 2.18. The van der Waals surface area contributed by atoms with Gasteiger partial charge in [0.2, 0.25) is 11.5 Å². The molecule has 0 unspecified atom stereocenters. The second-order valence-electron chi connectivity index (χ2n) is 7.72. The monoisotopic (exact) mass is 442 g/mol. The maximum absolute atomic E-state index is 14.7. The second-order valence-corrected chi connectivity index (χ2v) is 7.72. The zero-order valence-electron chi connectivity index (χ0n) is 18.1. The molecule has 4 heterocycles. The summed E-state index contributed by atoms with van der Waals surface area (Å²) in [6.45, 7) is 5.32. The number of amides is 1. The van der Waals surface area contributed by atoms with Gasteiger partial charge in [0, 0.05) is 60.3 Å². The summed E-state index contributed by atoms with van der Waals surface area (Å²) in [7, 11) is 0. The number of fused-ring (bicyclic) bond motifs is 1. The summed E-state index contributed by atoms with van der Waals surface area (Å²) in [6, 6.07) is 6.30. The van der Waals surface area contributed by atoms with E-state index >= 15 is 0 Å². The van der Waals surface area contributed by atoms with E-state index < -0.39 is 11.7 Å². The van der Waals surface area contributed by atoms with Crippen LogP contribution >= 0.6 is 0 Å². The molecule has 0 spiro atoms. The van der Waals surface area contributed by atoms with E-state index in [-0.39, 0.29) is 11.3 Å². The van der Waals surface area contributed by atoms with E-state index in [0.29, 0.717) is 28.7 Å². The van der Waals surface area contributed by atoms with Crippen LogP contribution in [0.2, 0.25) is 0 Å². The Morgan fingerprint density at radius 2 is 1.88 bits per heavy atom. The Labute approximate surface area is 188 Å². The Kier molecular flexibility index (Phi) is 4.93. The number of aromatic nitrogens is 5. The molecule has 1 N–H and O–H groups in total. The average molecular weight is 442 g/mol. The summed E-state index contributed by atoms with van der Waals surface area (Å²) in [5.41, 5.74) is 4.34. The van der Waals surface area contributed by atoms with Crippen molar-refractivity contribution < 1.29 is 13.6 Å². The second kappa shape index (κ2) is 7.94. The smallest absolute Gasteiger partial charge is 0.293 e. The predicted molar refractivity (Wildman–Crippen MR) is 120 cm³/mol. The zero-order valence-corrected chi connectivity index (χ0v) is 18.1. The van der Waals surface area contributed by atoms with Gasteiger partial charge in [-0.15, -0.1) is 0 Å². The van der Waals surface area contributed by atoms with Crippen molar-refractivity contribution >= 4 is 17.4 Å². The average Bonchev–Trinajstić information content (AvgIpc) is 3.36. The van der Waals surface area contributed by atoms with E-state index in [4.69, 9.17) is 4.42 Å². The molecular weight excluding hydrogens is 423 g/mol. The van der Waals surface area contributed by atoms with Crippen LogP contribution in [0.1, 0.15) is 27.7 Å². The summed E-state index contributed by atoms with van der Waals surface area (Å²) in [6.07, 6.45) is 8.82. The van der Waals surface area contributed by atoms with Gasteiger partial charge in [0.1, 0.15) is 5.82 Å². The van der Waals surface area contributed by atoms with E-state index in [1.807, 2.05) is 19.2 Å². The minimum atomic E-state index is -0.466. The minimum absolute atomic E-state index is 0.119. The van der Waals surface area contributed by atoms with Crippen LogP contribution in [0.5, 0.6) is 0 Å². The standard InChI is InChI=1S/C24H19FN6O2/c1-13-6-16(9-26-8-13)17-10-27-24-30-21(12-31(24)11-17)19-7-18(4-5-20(19)25)29-23(32)22-14(2)28-15(3)33-22/h4-12H,1-3H3,(H,29,32). The van der Waals surface area contributed by atoms with Gasteiger partial charge in [0.25, 0.3) is 5.91 Å². The first-order valence-corrected chi connectivity index (χ1v) is 10.2. The van der Waals surface area contributed by atoms with Crippen LogP contribution in [0.3, 0.4) is 0 Å². The fourth-order valence-corrected chi connectivity index (χ4v) is 3.61. The van der Waals surface area contributed by atoms with Crippen LogP contribution in [0, 0.1) is 26.6 Å². The van der Waals surface area contributed by atoms with Crippen LogP contribution in [0.4, 0.5) is 10.1 Å². The Bertz CT molecular complexity index is 1520. The number of halogens is 1. The molecule has 0 fully saturated rings. The number of anilines is 1. The van der Waals surface area contributed by atoms with Crippen LogP contribution < -0.4 is 5.32 Å². The molecule has 0 aliphatic carbocycles. The van der Waals surface area contributed by atoms with Crippen molar-refractivity contribution in [2.24, 2.45) is 0 Å². The molecule has 5 rings (SSSR count). The Balaban J connectivity index is 1.48. The molecule has 0 saturated heterocycles. The molecule has 0 saturated carbocycles. The predicted octanol–water partition coefficient (Wildman–Crippen LogP) is 4.76. The summed E-state index contributed by atoms with van der Waals surface area (Å²) >= 11 is 0. The molecule has 164 valence electrons. The third-order valence-corrected chi connectivity index (χ3v) is 5.13. The molecule has 1 amide bonds.